The number of benzene rings is 2. The van der Waals surface area contributed by atoms with E-state index in [1.54, 1.807) is 0 Å². The highest BCUT2D eigenvalue weighted by Crippen LogP contribution is 2.14. The third-order valence-electron chi connectivity index (χ3n) is 6.04. The average Bonchev–Trinajstić information content (AvgIpc) is 3.27. The molecule has 1 aliphatic rings. The smallest absolute Gasteiger partial charge is 0.191 e. The van der Waals surface area contributed by atoms with Crippen molar-refractivity contribution < 1.29 is 0 Å². The van der Waals surface area contributed by atoms with Crippen LogP contribution in [0.25, 0.3) is 0 Å². The lowest BCUT2D eigenvalue weighted by atomic mass is 10.0. The maximum atomic E-state index is 4.55. The predicted octanol–water partition coefficient (Wildman–Crippen LogP) is 3.30. The van der Waals surface area contributed by atoms with Gasteiger partial charge in [0, 0.05) is 64.6 Å². The number of hydrogen-bond donors (Lipinski definition) is 2. The van der Waals surface area contributed by atoms with Crippen molar-refractivity contribution in [1.29, 1.82) is 0 Å². The van der Waals surface area contributed by atoms with E-state index in [-0.39, 0.29) is 0 Å². The van der Waals surface area contributed by atoms with E-state index in [1.165, 1.54) is 11.1 Å². The first-order chi connectivity index (χ1) is 15.8. The number of rotatable bonds is 8. The minimum absolute atomic E-state index is 0.466. The third-order valence-corrected chi connectivity index (χ3v) is 6.04. The summed E-state index contributed by atoms with van der Waals surface area (Å²) in [4.78, 5) is 11.5. The summed E-state index contributed by atoms with van der Waals surface area (Å²) in [6.45, 7) is 4.92. The molecule has 168 valence electrons. The van der Waals surface area contributed by atoms with Gasteiger partial charge in [0.15, 0.2) is 5.96 Å². The average molecular weight is 431 g/mol. The predicted molar refractivity (Wildman–Crippen MR) is 131 cm³/mol. The Morgan fingerprint density at radius 2 is 1.62 bits per heavy atom. The first kappa shape index (κ1) is 22.1. The summed E-state index contributed by atoms with van der Waals surface area (Å²) in [6.07, 6.45) is 7.06. The van der Waals surface area contributed by atoms with Crippen LogP contribution in [0.1, 0.15) is 29.8 Å². The minimum Gasteiger partial charge on any atom is -0.356 e. The van der Waals surface area contributed by atoms with Crippen LogP contribution >= 0.6 is 0 Å². The highest BCUT2D eigenvalue weighted by Gasteiger charge is 2.20. The van der Waals surface area contributed by atoms with Crippen molar-refractivity contribution in [1.82, 2.24) is 25.1 Å². The zero-order valence-corrected chi connectivity index (χ0v) is 19.0. The van der Waals surface area contributed by atoms with Crippen LogP contribution in [-0.2, 0) is 19.5 Å². The van der Waals surface area contributed by atoms with E-state index in [0.717, 1.165) is 63.8 Å². The summed E-state index contributed by atoms with van der Waals surface area (Å²) in [6, 6.07) is 21.7. The number of nitrogens with one attached hydrogen (secondary N) is 2. The Morgan fingerprint density at radius 3 is 2.28 bits per heavy atom. The normalized spacial score (nSPS) is 15.6. The maximum Gasteiger partial charge on any atom is 0.191 e. The van der Waals surface area contributed by atoms with Crippen molar-refractivity contribution >= 4 is 5.96 Å². The Balaban J connectivity index is 1.19. The van der Waals surface area contributed by atoms with Crippen molar-refractivity contribution in [2.45, 2.75) is 38.4 Å². The molecule has 0 radical (unpaired) electrons. The molecule has 6 heteroatoms. The topological polar surface area (TPSA) is 57.5 Å². The lowest BCUT2D eigenvalue weighted by Gasteiger charge is -2.33. The van der Waals surface area contributed by atoms with E-state index >= 15 is 0 Å². The van der Waals surface area contributed by atoms with Gasteiger partial charge in [-0.05, 0) is 24.0 Å². The molecule has 0 spiro atoms. The molecule has 0 amide bonds. The Morgan fingerprint density at radius 1 is 0.969 bits per heavy atom. The number of aromatic nitrogens is 2. The van der Waals surface area contributed by atoms with Gasteiger partial charge in [-0.25, -0.2) is 4.98 Å². The Labute approximate surface area is 191 Å². The number of hydrogen-bond acceptors (Lipinski definition) is 3. The van der Waals surface area contributed by atoms with Crippen LogP contribution in [0.15, 0.2) is 78.0 Å². The SMILES string of the molecule is CN=C(NCCc1nccn1Cc1ccccc1)NC1CCN(Cc2ccccc2)CC1. The first-order valence-electron chi connectivity index (χ1n) is 11.6. The van der Waals surface area contributed by atoms with Crippen LogP contribution in [0.4, 0.5) is 0 Å². The molecule has 32 heavy (non-hydrogen) atoms. The van der Waals surface area contributed by atoms with Gasteiger partial charge in [-0.1, -0.05) is 60.7 Å². The summed E-state index contributed by atoms with van der Waals surface area (Å²) in [5, 5.41) is 7.08. The van der Waals surface area contributed by atoms with Crippen LogP contribution in [0.3, 0.4) is 0 Å². The number of aliphatic imine (C=N–C) groups is 1. The fraction of sp³-hybridized carbons (Fsp3) is 0.385. The molecule has 4 rings (SSSR count). The zero-order chi connectivity index (χ0) is 22.0. The van der Waals surface area contributed by atoms with Gasteiger partial charge in [0.25, 0.3) is 0 Å². The number of piperidine rings is 1. The van der Waals surface area contributed by atoms with E-state index in [0.29, 0.717) is 6.04 Å². The maximum absolute atomic E-state index is 4.55. The van der Waals surface area contributed by atoms with Crippen molar-refractivity contribution in [3.8, 4) is 0 Å². The molecule has 1 fully saturated rings. The van der Waals surface area contributed by atoms with Gasteiger partial charge < -0.3 is 15.2 Å². The van der Waals surface area contributed by atoms with Crippen molar-refractivity contribution in [2.75, 3.05) is 26.7 Å². The summed E-state index contributed by atoms with van der Waals surface area (Å²) < 4.78 is 2.22. The van der Waals surface area contributed by atoms with Gasteiger partial charge in [-0.15, -0.1) is 0 Å². The fourth-order valence-corrected chi connectivity index (χ4v) is 4.25. The summed E-state index contributed by atoms with van der Waals surface area (Å²) in [5.74, 6) is 1.97. The highest BCUT2D eigenvalue weighted by molar-refractivity contribution is 5.79. The van der Waals surface area contributed by atoms with Gasteiger partial charge in [-0.3, -0.25) is 9.89 Å². The van der Waals surface area contributed by atoms with Gasteiger partial charge >= 0.3 is 0 Å². The standard InChI is InChI=1S/C26H34N6/c1-27-26(30-24-13-17-31(18-14-24)20-22-8-4-2-5-9-22)29-15-12-25-28-16-19-32(25)21-23-10-6-3-7-11-23/h2-11,16,19,24H,12-15,17-18,20-21H2,1H3,(H2,27,29,30). The van der Waals surface area contributed by atoms with Gasteiger partial charge in [0.05, 0.1) is 0 Å². The molecule has 0 bridgehead atoms. The molecular formula is C26H34N6. The van der Waals surface area contributed by atoms with Crippen molar-refractivity contribution in [3.63, 3.8) is 0 Å². The molecule has 6 nitrogen and oxygen atoms in total. The summed E-state index contributed by atoms with van der Waals surface area (Å²) >= 11 is 0. The molecular weight excluding hydrogens is 396 g/mol. The summed E-state index contributed by atoms with van der Waals surface area (Å²) in [5.41, 5.74) is 2.68. The molecule has 3 aromatic rings. The van der Waals surface area contributed by atoms with Crippen LogP contribution in [0.5, 0.6) is 0 Å². The van der Waals surface area contributed by atoms with Crippen LogP contribution < -0.4 is 10.6 Å². The molecule has 0 saturated carbocycles. The van der Waals surface area contributed by atoms with E-state index < -0.39 is 0 Å². The first-order valence-corrected chi connectivity index (χ1v) is 11.6. The van der Waals surface area contributed by atoms with Gasteiger partial charge in [-0.2, -0.15) is 0 Å². The Bertz CT molecular complexity index is 958. The molecule has 0 atom stereocenters. The van der Waals surface area contributed by atoms with E-state index in [2.05, 4.69) is 90.9 Å². The highest BCUT2D eigenvalue weighted by atomic mass is 15.2. The molecule has 1 aromatic heterocycles. The largest absolute Gasteiger partial charge is 0.356 e. The number of imidazole rings is 1. The van der Waals surface area contributed by atoms with Crippen molar-refractivity contribution in [2.24, 2.45) is 4.99 Å². The van der Waals surface area contributed by atoms with Crippen LogP contribution in [-0.4, -0.2) is 53.1 Å². The third kappa shape index (κ3) is 6.44. The second kappa shape index (κ2) is 11.5. The molecule has 2 heterocycles. The van der Waals surface area contributed by atoms with Crippen LogP contribution in [0, 0.1) is 0 Å². The minimum atomic E-state index is 0.466. The fourth-order valence-electron chi connectivity index (χ4n) is 4.25. The van der Waals surface area contributed by atoms with E-state index in [4.69, 9.17) is 0 Å². The quantitative estimate of drug-likeness (QED) is 0.425. The van der Waals surface area contributed by atoms with E-state index in [1.807, 2.05) is 19.3 Å². The molecule has 0 aliphatic carbocycles. The second-order valence-corrected chi connectivity index (χ2v) is 8.39. The van der Waals surface area contributed by atoms with Gasteiger partial charge in [0.1, 0.15) is 5.82 Å². The van der Waals surface area contributed by atoms with Gasteiger partial charge in [0.2, 0.25) is 0 Å². The lowest BCUT2D eigenvalue weighted by Crippen LogP contribution is -2.48. The lowest BCUT2D eigenvalue weighted by molar-refractivity contribution is 0.198. The Hall–Kier alpha value is -3.12. The number of guanidine groups is 1. The number of likely N-dealkylation sites (tertiary alicyclic amines) is 1. The molecule has 2 aromatic carbocycles. The molecule has 1 aliphatic heterocycles. The van der Waals surface area contributed by atoms with Crippen LogP contribution in [0.2, 0.25) is 0 Å². The monoisotopic (exact) mass is 430 g/mol. The summed E-state index contributed by atoms with van der Waals surface area (Å²) in [7, 11) is 1.84. The molecule has 1 saturated heterocycles. The molecule has 2 N–H and O–H groups in total. The zero-order valence-electron chi connectivity index (χ0n) is 19.0. The molecule has 0 unspecified atom stereocenters. The number of nitrogens with zero attached hydrogens (tertiary/aromatic N) is 4. The second-order valence-electron chi connectivity index (χ2n) is 8.39. The van der Waals surface area contributed by atoms with E-state index in [9.17, 15) is 0 Å². The Kier molecular flexibility index (Phi) is 7.93. The van der Waals surface area contributed by atoms with Crippen molar-refractivity contribution in [3.05, 3.63) is 90.0 Å².